The molecule has 0 heterocycles. The zero-order valence-electron chi connectivity index (χ0n) is 52.6. The van der Waals surface area contributed by atoms with Gasteiger partial charge in [0.25, 0.3) is 0 Å². The number of unbranched alkanes of at least 4 members (excludes halogenated alkanes) is 40. The predicted molar refractivity (Wildman–Crippen MR) is 344 cm³/mol. The Morgan fingerprint density at radius 2 is 0.494 bits per heavy atom. The van der Waals surface area contributed by atoms with Crippen LogP contribution in [0.4, 0.5) is 0 Å². The molecule has 6 heteroatoms. The maximum Gasteiger partial charge on any atom is 0.306 e. The van der Waals surface area contributed by atoms with E-state index in [0.717, 1.165) is 96.3 Å². The molecule has 0 spiro atoms. The third-order valence-electron chi connectivity index (χ3n) is 15.2. The highest BCUT2D eigenvalue weighted by Crippen LogP contribution is 2.18. The normalized spacial score (nSPS) is 12.5. The van der Waals surface area contributed by atoms with Crippen molar-refractivity contribution in [1.29, 1.82) is 0 Å². The second-order valence-electron chi connectivity index (χ2n) is 23.1. The topological polar surface area (TPSA) is 78.9 Å². The summed E-state index contributed by atoms with van der Waals surface area (Å²) in [5, 5.41) is 0. The van der Waals surface area contributed by atoms with Crippen LogP contribution in [-0.2, 0) is 28.6 Å². The quantitative estimate of drug-likeness (QED) is 0.0261. The molecule has 0 aliphatic heterocycles. The van der Waals surface area contributed by atoms with Crippen molar-refractivity contribution in [3.05, 3.63) is 72.9 Å². The largest absolute Gasteiger partial charge is 0.462 e. The molecule has 458 valence electrons. The van der Waals surface area contributed by atoms with E-state index in [0.29, 0.717) is 19.3 Å². The zero-order valence-corrected chi connectivity index (χ0v) is 52.6. The maximum absolute atomic E-state index is 12.9. The molecule has 0 aromatic heterocycles. The molecule has 0 saturated heterocycles. The van der Waals surface area contributed by atoms with E-state index < -0.39 is 6.10 Å². The van der Waals surface area contributed by atoms with Gasteiger partial charge in [-0.2, -0.15) is 0 Å². The van der Waals surface area contributed by atoms with Gasteiger partial charge in [0.2, 0.25) is 0 Å². The predicted octanol–water partition coefficient (Wildman–Crippen LogP) is 23.7. The van der Waals surface area contributed by atoms with E-state index in [1.165, 1.54) is 218 Å². The summed E-state index contributed by atoms with van der Waals surface area (Å²) in [6.07, 6.45) is 88.1. The zero-order chi connectivity index (χ0) is 57.1. The molecule has 1 unspecified atom stereocenters. The van der Waals surface area contributed by atoms with Crippen LogP contribution in [0.2, 0.25) is 0 Å². The van der Waals surface area contributed by atoms with E-state index >= 15 is 0 Å². The number of allylic oxidation sites excluding steroid dienone is 12. The molecule has 0 saturated carbocycles. The average Bonchev–Trinajstić information content (AvgIpc) is 3.45. The minimum atomic E-state index is -0.771. The van der Waals surface area contributed by atoms with Crippen molar-refractivity contribution in [2.45, 2.75) is 361 Å². The van der Waals surface area contributed by atoms with Crippen molar-refractivity contribution in [1.82, 2.24) is 0 Å². The highest BCUT2D eigenvalue weighted by atomic mass is 16.6. The smallest absolute Gasteiger partial charge is 0.306 e. The first-order chi connectivity index (χ1) is 39.0. The Labute approximate surface area is 491 Å². The van der Waals surface area contributed by atoms with Crippen LogP contribution < -0.4 is 0 Å². The second-order valence-corrected chi connectivity index (χ2v) is 23.1. The lowest BCUT2D eigenvalue weighted by Gasteiger charge is -2.18. The van der Waals surface area contributed by atoms with E-state index in [9.17, 15) is 14.4 Å². The molecule has 0 radical (unpaired) electrons. The van der Waals surface area contributed by atoms with Crippen molar-refractivity contribution >= 4 is 17.9 Å². The number of ether oxygens (including phenoxy) is 3. The monoisotopic (exact) mass is 1100 g/mol. The fourth-order valence-electron chi connectivity index (χ4n) is 10.1. The lowest BCUT2D eigenvalue weighted by atomic mass is 10.0. The van der Waals surface area contributed by atoms with Crippen LogP contribution in [-0.4, -0.2) is 37.2 Å². The number of hydrogen-bond acceptors (Lipinski definition) is 6. The first-order valence-electron chi connectivity index (χ1n) is 34.4. The van der Waals surface area contributed by atoms with E-state index in [1.807, 2.05) is 0 Å². The van der Waals surface area contributed by atoms with Gasteiger partial charge in [0.1, 0.15) is 13.2 Å². The summed E-state index contributed by atoms with van der Waals surface area (Å²) in [5.74, 6) is -0.859. The van der Waals surface area contributed by atoms with Gasteiger partial charge in [-0.3, -0.25) is 14.4 Å². The van der Waals surface area contributed by atoms with Crippen molar-refractivity contribution in [2.24, 2.45) is 0 Å². The lowest BCUT2D eigenvalue weighted by Crippen LogP contribution is -2.30. The molecule has 0 rings (SSSR count). The summed E-state index contributed by atoms with van der Waals surface area (Å²) in [4.78, 5) is 38.2. The Bertz CT molecular complexity index is 1450. The van der Waals surface area contributed by atoms with E-state index in [2.05, 4.69) is 93.7 Å². The second kappa shape index (κ2) is 67.4. The molecule has 0 aromatic rings. The Balaban J connectivity index is 4.06. The summed E-state index contributed by atoms with van der Waals surface area (Å²) in [6, 6.07) is 0. The van der Waals surface area contributed by atoms with Crippen molar-refractivity contribution in [3.63, 3.8) is 0 Å². The van der Waals surface area contributed by atoms with Gasteiger partial charge in [-0.05, 0) is 70.6 Å². The molecule has 0 aliphatic carbocycles. The summed E-state index contributed by atoms with van der Waals surface area (Å²) in [6.45, 7) is 6.54. The summed E-state index contributed by atoms with van der Waals surface area (Å²) in [7, 11) is 0. The van der Waals surface area contributed by atoms with Gasteiger partial charge < -0.3 is 14.2 Å². The Morgan fingerprint density at radius 3 is 0.772 bits per heavy atom. The highest BCUT2D eigenvalue weighted by molar-refractivity contribution is 5.71. The van der Waals surface area contributed by atoms with E-state index in [1.54, 1.807) is 0 Å². The Kier molecular flexibility index (Phi) is 64.7. The van der Waals surface area contributed by atoms with Crippen LogP contribution in [0.15, 0.2) is 72.9 Å². The van der Waals surface area contributed by atoms with Crippen molar-refractivity contribution in [3.8, 4) is 0 Å². The summed E-state index contributed by atoms with van der Waals surface area (Å²) in [5.41, 5.74) is 0. The SMILES string of the molecule is CC/C=C\C/C=C\C/C=C\C/C=C\C/C=C\C/C=C\CCCCCCCCCCCCCCC(=O)OCC(COC(=O)CCCCCCCCC)OC(=O)CCCCCCCCCCCCCCCCCCCCCCCCC. The number of esters is 3. The maximum atomic E-state index is 12.9. The first-order valence-corrected chi connectivity index (χ1v) is 34.4. The Morgan fingerprint density at radius 1 is 0.266 bits per heavy atom. The van der Waals surface area contributed by atoms with Gasteiger partial charge >= 0.3 is 17.9 Å². The van der Waals surface area contributed by atoms with Crippen LogP contribution in [0, 0.1) is 0 Å². The summed E-state index contributed by atoms with van der Waals surface area (Å²) < 4.78 is 16.9. The van der Waals surface area contributed by atoms with Gasteiger partial charge in [0, 0.05) is 19.3 Å². The Hall–Kier alpha value is -3.15. The third kappa shape index (κ3) is 65.5. The minimum Gasteiger partial charge on any atom is -0.462 e. The van der Waals surface area contributed by atoms with E-state index in [4.69, 9.17) is 14.2 Å². The van der Waals surface area contributed by atoms with Crippen molar-refractivity contribution < 1.29 is 28.6 Å². The molecule has 0 bridgehead atoms. The standard InChI is InChI=1S/C73H130O6/c1-4-7-10-13-16-18-20-22-24-26-28-30-32-33-34-35-36-37-38-39-41-42-44-46-48-50-52-54-57-60-63-66-72(75)78-69-70(68-77-71(74)65-62-59-56-15-12-9-6-3)79-73(76)67-64-61-58-55-53-51-49-47-45-43-40-31-29-27-25-23-21-19-17-14-11-8-5-2/h7,10,16,18,22,24,28,30,33-34,36-37,70H,4-6,8-9,11-15,17,19-21,23,25-27,29,31-32,35,38-69H2,1-3H3/b10-7-,18-16-,24-22-,30-28-,34-33-,37-36-. The molecule has 0 aromatic carbocycles. The highest BCUT2D eigenvalue weighted by Gasteiger charge is 2.19. The molecule has 0 amide bonds. The lowest BCUT2D eigenvalue weighted by molar-refractivity contribution is -0.167. The fraction of sp³-hybridized carbons (Fsp3) is 0.795. The number of hydrogen-bond donors (Lipinski definition) is 0. The van der Waals surface area contributed by atoms with Gasteiger partial charge in [-0.15, -0.1) is 0 Å². The average molecular weight is 1100 g/mol. The molecule has 6 nitrogen and oxygen atoms in total. The number of rotatable bonds is 63. The molecule has 1 atom stereocenters. The van der Waals surface area contributed by atoms with Crippen LogP contribution >= 0.6 is 0 Å². The minimum absolute atomic E-state index is 0.0706. The van der Waals surface area contributed by atoms with Gasteiger partial charge in [0.15, 0.2) is 6.10 Å². The van der Waals surface area contributed by atoms with Gasteiger partial charge in [0.05, 0.1) is 0 Å². The molecule has 79 heavy (non-hydrogen) atoms. The van der Waals surface area contributed by atoms with Crippen LogP contribution in [0.3, 0.4) is 0 Å². The number of carbonyl (C=O) groups excluding carboxylic acids is 3. The molecule has 0 fully saturated rings. The number of carbonyl (C=O) groups is 3. The van der Waals surface area contributed by atoms with Crippen LogP contribution in [0.1, 0.15) is 355 Å². The molecule has 0 N–H and O–H groups in total. The molecule has 0 aliphatic rings. The van der Waals surface area contributed by atoms with Gasteiger partial charge in [-0.25, -0.2) is 0 Å². The first kappa shape index (κ1) is 75.8. The fourth-order valence-corrected chi connectivity index (χ4v) is 10.1. The molecular formula is C73H130O6. The summed E-state index contributed by atoms with van der Waals surface area (Å²) >= 11 is 0. The van der Waals surface area contributed by atoms with Crippen molar-refractivity contribution in [2.75, 3.05) is 13.2 Å². The third-order valence-corrected chi connectivity index (χ3v) is 15.2. The van der Waals surface area contributed by atoms with Crippen LogP contribution in [0.5, 0.6) is 0 Å². The van der Waals surface area contributed by atoms with Crippen LogP contribution in [0.25, 0.3) is 0 Å². The van der Waals surface area contributed by atoms with Gasteiger partial charge in [-0.1, -0.05) is 338 Å². The van der Waals surface area contributed by atoms with E-state index in [-0.39, 0.29) is 31.1 Å². The molecular weight excluding hydrogens is 973 g/mol.